The zero-order chi connectivity index (χ0) is 62.2. The van der Waals surface area contributed by atoms with Gasteiger partial charge in [0.15, 0.2) is 25.2 Å². The van der Waals surface area contributed by atoms with Crippen LogP contribution in [0, 0.1) is 50.2 Å². The van der Waals surface area contributed by atoms with Crippen LogP contribution in [0.2, 0.25) is 0 Å². The highest BCUT2D eigenvalue weighted by Gasteiger charge is 2.72. The van der Waals surface area contributed by atoms with Gasteiger partial charge in [0, 0.05) is 0 Å². The quantitative estimate of drug-likeness (QED) is 0.0544. The molecule has 10 aliphatic rings. The number of carbonyl (C=O) groups is 1. The summed E-state index contributed by atoms with van der Waals surface area (Å²) in [6, 6.07) is 0. The Morgan fingerprint density at radius 1 is 0.565 bits per heavy atom. The Bertz CT molecular complexity index is 2380. The third-order valence-corrected chi connectivity index (χ3v) is 23.1. The number of allylic oxidation sites excluding steroid dienone is 2. The van der Waals surface area contributed by atoms with E-state index in [9.17, 15) is 76.6 Å². The van der Waals surface area contributed by atoms with Gasteiger partial charge in [-0.15, -0.1) is 0 Å². The smallest absolute Gasteiger partial charge is 0.317 e. The minimum atomic E-state index is -1.97. The van der Waals surface area contributed by atoms with Gasteiger partial charge in [-0.05, 0) is 116 Å². The van der Waals surface area contributed by atoms with E-state index in [1.165, 1.54) is 13.8 Å². The van der Waals surface area contributed by atoms with E-state index < -0.39 is 206 Å². The molecule has 0 radical (unpaired) electrons. The molecule has 9 fully saturated rings. The molecule has 10 rings (SSSR count). The van der Waals surface area contributed by atoms with Gasteiger partial charge in [0.05, 0.1) is 44.2 Å². The SMILES string of the molecule is C[C@H]1O[C@H](O[C@@H]2[C@@H](O[C@H]3CC[C@]4(C)[C@H]5CC=C6[C@@H]7CC(C)(C)CC[C@]7(C(=O)O[C@@H]7O[C@H](CO[C@@H]8O[C@H](CO)[C@@H](O[C@H]9O[C@H](C)[C@@H](O)[C@H](O)[C@@H]9O)[C@H](O)[C@H]8O)[C@@H](O)[C@H](O)[C@H]7O)[C@H](O)C[C@@]6(C)[C@]5(C)CC[C@H]4C3(C)C)OC[C@@H](O)[C@H]2O)[C@@H](O)[C@@H](O)[C@@H]1O. The normalized spacial score (nSPS) is 55.0. The molecule has 33 atom stereocenters. The average Bonchev–Trinajstić information content (AvgIpc) is 0.694. The van der Waals surface area contributed by atoms with Gasteiger partial charge in [0.25, 0.3) is 0 Å². The van der Waals surface area contributed by atoms with Gasteiger partial charge in [-0.2, -0.15) is 0 Å². The molecule has 26 heteroatoms. The Morgan fingerprint density at radius 3 is 1.76 bits per heavy atom. The van der Waals surface area contributed by atoms with Crippen LogP contribution in [0.3, 0.4) is 0 Å². The number of aliphatic hydroxyl groups excluding tert-OH is 15. The second-order valence-corrected chi connectivity index (χ2v) is 28.7. The van der Waals surface area contributed by atoms with Gasteiger partial charge in [0.2, 0.25) is 6.29 Å². The van der Waals surface area contributed by atoms with E-state index in [2.05, 4.69) is 54.5 Å². The molecule has 0 amide bonds. The first-order valence-corrected chi connectivity index (χ1v) is 30.6. The maximum Gasteiger partial charge on any atom is 0.317 e. The fourth-order valence-corrected chi connectivity index (χ4v) is 17.6. The van der Waals surface area contributed by atoms with Crippen molar-refractivity contribution in [1.29, 1.82) is 0 Å². The van der Waals surface area contributed by atoms with Crippen LogP contribution in [0.25, 0.3) is 0 Å². The number of rotatable bonds is 12. The number of ether oxygens (including phenoxy) is 10. The molecule has 0 unspecified atom stereocenters. The summed E-state index contributed by atoms with van der Waals surface area (Å²) in [5.74, 6) is -1.17. The molecule has 4 saturated carbocycles. The minimum absolute atomic E-state index is 0.0996. The Hall–Kier alpha value is -1.75. The molecule has 5 heterocycles. The Morgan fingerprint density at radius 2 is 1.14 bits per heavy atom. The number of fused-ring (bicyclic) bond motifs is 7. The van der Waals surface area contributed by atoms with Crippen molar-refractivity contribution in [3.8, 4) is 0 Å². The second kappa shape index (κ2) is 24.1. The number of esters is 1. The third-order valence-electron chi connectivity index (χ3n) is 23.1. The summed E-state index contributed by atoms with van der Waals surface area (Å²) in [5.41, 5.74) is -2.50. The van der Waals surface area contributed by atoms with E-state index in [0.717, 1.165) is 24.8 Å². The summed E-state index contributed by atoms with van der Waals surface area (Å²) < 4.78 is 59.4. The molecule has 26 nitrogen and oxygen atoms in total. The lowest BCUT2D eigenvalue weighted by molar-refractivity contribution is -0.364. The van der Waals surface area contributed by atoms with Crippen LogP contribution in [0.5, 0.6) is 0 Å². The predicted octanol–water partition coefficient (Wildman–Crippen LogP) is -2.55. The van der Waals surface area contributed by atoms with Crippen molar-refractivity contribution in [2.24, 2.45) is 50.2 Å². The largest absolute Gasteiger partial charge is 0.432 e. The van der Waals surface area contributed by atoms with Gasteiger partial charge >= 0.3 is 5.97 Å². The van der Waals surface area contributed by atoms with Crippen molar-refractivity contribution >= 4 is 5.97 Å². The number of aliphatic hydroxyl groups is 15. The molecule has 0 aromatic heterocycles. The van der Waals surface area contributed by atoms with Gasteiger partial charge in [-0.1, -0.05) is 60.1 Å². The molecule has 488 valence electrons. The molecule has 85 heavy (non-hydrogen) atoms. The van der Waals surface area contributed by atoms with E-state index in [0.29, 0.717) is 25.7 Å². The fraction of sp³-hybridized carbons (Fsp3) is 0.949. The molecule has 15 N–H and O–H groups in total. The van der Waals surface area contributed by atoms with Crippen LogP contribution in [-0.2, 0) is 52.2 Å². The Labute approximate surface area is 494 Å². The van der Waals surface area contributed by atoms with Crippen LogP contribution >= 0.6 is 0 Å². The lowest BCUT2D eigenvalue weighted by Crippen LogP contribution is -2.68. The van der Waals surface area contributed by atoms with Crippen molar-refractivity contribution in [2.45, 2.75) is 280 Å². The van der Waals surface area contributed by atoms with Crippen molar-refractivity contribution in [3.05, 3.63) is 11.6 Å². The van der Waals surface area contributed by atoms with Crippen LogP contribution in [0.15, 0.2) is 11.6 Å². The number of carbonyl (C=O) groups excluding carboxylic acids is 1. The van der Waals surface area contributed by atoms with Gasteiger partial charge in [0.1, 0.15) is 109 Å². The monoisotopic (exact) mass is 1220 g/mol. The lowest BCUT2D eigenvalue weighted by atomic mass is 9.33. The standard InChI is InChI=1S/C59H96O26/c1-23-34(63)38(67)42(71)49(78-23)83-46-28(20-60)80-48(45(74)41(46)70)77-22-29-37(66)40(69)44(73)51(81-29)85-53(75)59-17-16-54(3,4)18-26(59)25-10-11-31-56(7)14-13-33(55(5,6)30(56)12-15-57(31,8)58(25,9)19-32(59)62)82-52-47(36(65)27(61)21-76-52)84-50-43(72)39(68)35(64)24(2)79-50/h10,23-24,26-52,60-74H,11-22H2,1-9H3/t23-,24-,26+,27-,28-,29-,30+,31-,32-,33+,34-,35-,36-,37-,38+,39+,40+,41-,42+,43+,44-,45-,46-,47+,48-,49-,50-,51+,52-,56+,57-,58-,59-/m1/s1. The topological polar surface area (TPSA) is 413 Å². The molecule has 0 spiro atoms. The second-order valence-electron chi connectivity index (χ2n) is 28.7. The Balaban J connectivity index is 0.837. The average molecular weight is 1220 g/mol. The molecular formula is C59H96O26. The summed E-state index contributed by atoms with van der Waals surface area (Å²) in [7, 11) is 0. The van der Waals surface area contributed by atoms with Crippen LogP contribution in [-0.4, -0.2) is 262 Å². The van der Waals surface area contributed by atoms with E-state index >= 15 is 4.79 Å². The van der Waals surface area contributed by atoms with Gasteiger partial charge in [-0.3, -0.25) is 4.79 Å². The molecule has 0 aromatic rings. The zero-order valence-electron chi connectivity index (χ0n) is 50.0. The van der Waals surface area contributed by atoms with E-state index in [4.69, 9.17) is 47.4 Å². The van der Waals surface area contributed by atoms with E-state index in [1.54, 1.807) is 0 Å². The zero-order valence-corrected chi connectivity index (χ0v) is 50.0. The molecule has 0 aromatic carbocycles. The van der Waals surface area contributed by atoms with Gasteiger partial charge in [-0.25, -0.2) is 0 Å². The summed E-state index contributed by atoms with van der Waals surface area (Å²) >= 11 is 0. The first-order chi connectivity index (χ1) is 39.7. The van der Waals surface area contributed by atoms with Crippen LogP contribution < -0.4 is 0 Å². The predicted molar refractivity (Wildman–Crippen MR) is 288 cm³/mol. The fourth-order valence-electron chi connectivity index (χ4n) is 17.6. The van der Waals surface area contributed by atoms with Crippen molar-refractivity contribution in [1.82, 2.24) is 0 Å². The summed E-state index contributed by atoms with van der Waals surface area (Å²) in [6.07, 6.45) is -32.0. The lowest BCUT2D eigenvalue weighted by Gasteiger charge is -2.71. The number of hydrogen-bond acceptors (Lipinski definition) is 26. The first kappa shape index (κ1) is 66.2. The highest BCUT2D eigenvalue weighted by Crippen LogP contribution is 2.76. The molecule has 5 aliphatic heterocycles. The molecule has 5 saturated heterocycles. The maximum atomic E-state index is 15.3. The van der Waals surface area contributed by atoms with Crippen LogP contribution in [0.4, 0.5) is 0 Å². The maximum absolute atomic E-state index is 15.3. The number of hydrogen-bond donors (Lipinski definition) is 15. The molecule has 0 bridgehead atoms. The Kier molecular flexibility index (Phi) is 18.7. The van der Waals surface area contributed by atoms with E-state index in [-0.39, 0.29) is 42.1 Å². The highest BCUT2D eigenvalue weighted by atomic mass is 16.8. The molecule has 5 aliphatic carbocycles. The summed E-state index contributed by atoms with van der Waals surface area (Å²) in [4.78, 5) is 15.3. The van der Waals surface area contributed by atoms with Gasteiger partial charge < -0.3 is 124 Å². The van der Waals surface area contributed by atoms with Crippen molar-refractivity contribution < 1.29 is 129 Å². The van der Waals surface area contributed by atoms with Crippen LogP contribution in [0.1, 0.15) is 120 Å². The summed E-state index contributed by atoms with van der Waals surface area (Å²) in [6.45, 7) is 16.7. The first-order valence-electron chi connectivity index (χ1n) is 30.6. The van der Waals surface area contributed by atoms with E-state index in [1.807, 2.05) is 0 Å². The third kappa shape index (κ3) is 11.0. The van der Waals surface area contributed by atoms with Crippen molar-refractivity contribution in [2.75, 3.05) is 19.8 Å². The highest BCUT2D eigenvalue weighted by molar-refractivity contribution is 5.80. The minimum Gasteiger partial charge on any atom is -0.432 e. The van der Waals surface area contributed by atoms with Crippen molar-refractivity contribution in [3.63, 3.8) is 0 Å². The molecular weight excluding hydrogens is 1120 g/mol. The summed E-state index contributed by atoms with van der Waals surface area (Å²) in [5, 5.41) is 164.